The van der Waals surface area contributed by atoms with Crippen molar-refractivity contribution in [3.8, 4) is 11.1 Å². The van der Waals surface area contributed by atoms with Crippen molar-refractivity contribution in [1.29, 1.82) is 0 Å². The van der Waals surface area contributed by atoms with Crippen LogP contribution < -0.4 is 5.32 Å². The number of aromatic nitrogens is 3. The first-order valence-electron chi connectivity index (χ1n) is 6.82. The monoisotopic (exact) mass is 258 g/mol. The molecule has 0 bridgehead atoms. The molecule has 2 aromatic rings. The lowest BCUT2D eigenvalue weighted by Crippen LogP contribution is -2.21. The zero-order valence-corrected chi connectivity index (χ0v) is 12.1. The highest BCUT2D eigenvalue weighted by Crippen LogP contribution is 2.22. The van der Waals surface area contributed by atoms with Crippen LogP contribution in [-0.4, -0.2) is 20.8 Å². The molecule has 2 heterocycles. The first kappa shape index (κ1) is 13.7. The Labute approximate surface area is 114 Å². The SMILES string of the molecule is CCn1cc(-c2cncc(CNC(C)C)c2)c(C)n1. The fraction of sp³-hybridized carbons (Fsp3) is 0.467. The van der Waals surface area contributed by atoms with E-state index < -0.39 is 0 Å². The van der Waals surface area contributed by atoms with Crippen molar-refractivity contribution in [3.63, 3.8) is 0 Å². The summed E-state index contributed by atoms with van der Waals surface area (Å²) in [6.07, 6.45) is 5.91. The van der Waals surface area contributed by atoms with Crippen molar-refractivity contribution in [2.24, 2.45) is 0 Å². The van der Waals surface area contributed by atoms with Crippen molar-refractivity contribution in [2.45, 2.75) is 46.8 Å². The second-order valence-electron chi connectivity index (χ2n) is 5.10. The highest BCUT2D eigenvalue weighted by atomic mass is 15.3. The first-order chi connectivity index (χ1) is 9.10. The van der Waals surface area contributed by atoms with Crippen LogP contribution in [0.4, 0.5) is 0 Å². The second kappa shape index (κ2) is 5.97. The van der Waals surface area contributed by atoms with Gasteiger partial charge >= 0.3 is 0 Å². The van der Waals surface area contributed by atoms with Crippen molar-refractivity contribution in [2.75, 3.05) is 0 Å². The Balaban J connectivity index is 2.24. The van der Waals surface area contributed by atoms with Gasteiger partial charge in [0.15, 0.2) is 0 Å². The van der Waals surface area contributed by atoms with Crippen molar-refractivity contribution >= 4 is 0 Å². The number of hydrogen-bond acceptors (Lipinski definition) is 3. The highest BCUT2D eigenvalue weighted by molar-refractivity contribution is 5.64. The number of aryl methyl sites for hydroxylation is 2. The van der Waals surface area contributed by atoms with E-state index in [1.165, 1.54) is 11.1 Å². The fourth-order valence-electron chi connectivity index (χ4n) is 2.02. The standard InChI is InChI=1S/C15H22N4/c1-5-19-10-15(12(4)18-19)14-6-13(7-16-9-14)8-17-11(2)3/h6-7,9-11,17H,5,8H2,1-4H3. The smallest absolute Gasteiger partial charge is 0.0672 e. The molecule has 4 nitrogen and oxygen atoms in total. The number of pyridine rings is 1. The van der Waals surface area contributed by atoms with Crippen molar-refractivity contribution in [3.05, 3.63) is 35.9 Å². The topological polar surface area (TPSA) is 42.7 Å². The number of hydrogen-bond donors (Lipinski definition) is 1. The third kappa shape index (κ3) is 3.41. The predicted molar refractivity (Wildman–Crippen MR) is 77.8 cm³/mol. The third-order valence-corrected chi connectivity index (χ3v) is 3.09. The summed E-state index contributed by atoms with van der Waals surface area (Å²) in [5.74, 6) is 0. The molecule has 19 heavy (non-hydrogen) atoms. The molecule has 0 radical (unpaired) electrons. The van der Waals surface area contributed by atoms with Crippen LogP contribution in [0.15, 0.2) is 24.7 Å². The summed E-state index contributed by atoms with van der Waals surface area (Å²) in [4.78, 5) is 4.34. The van der Waals surface area contributed by atoms with Crippen molar-refractivity contribution in [1.82, 2.24) is 20.1 Å². The molecule has 0 aromatic carbocycles. The molecule has 0 aliphatic heterocycles. The summed E-state index contributed by atoms with van der Waals surface area (Å²) in [6, 6.07) is 2.67. The predicted octanol–water partition coefficient (Wildman–Crippen LogP) is 2.77. The molecule has 0 spiro atoms. The summed E-state index contributed by atoms with van der Waals surface area (Å²) < 4.78 is 1.96. The molecular formula is C15H22N4. The molecule has 1 N–H and O–H groups in total. The average molecular weight is 258 g/mol. The molecule has 0 amide bonds. The van der Waals surface area contributed by atoms with Crippen LogP contribution in [0.25, 0.3) is 11.1 Å². The van der Waals surface area contributed by atoms with Gasteiger partial charge in [0.1, 0.15) is 0 Å². The molecule has 0 unspecified atom stereocenters. The van der Waals surface area contributed by atoms with Gasteiger partial charge < -0.3 is 5.32 Å². The van der Waals surface area contributed by atoms with E-state index in [0.29, 0.717) is 6.04 Å². The molecule has 2 rings (SSSR count). The Hall–Kier alpha value is -1.68. The first-order valence-corrected chi connectivity index (χ1v) is 6.82. The van der Waals surface area contributed by atoms with E-state index in [2.05, 4.69) is 48.4 Å². The minimum atomic E-state index is 0.480. The maximum atomic E-state index is 4.48. The molecule has 0 aliphatic rings. The summed E-state index contributed by atoms with van der Waals surface area (Å²) >= 11 is 0. The van der Waals surface area contributed by atoms with Crippen LogP contribution in [-0.2, 0) is 13.1 Å². The van der Waals surface area contributed by atoms with Gasteiger partial charge in [0.25, 0.3) is 0 Å². The Bertz CT molecular complexity index is 543. The van der Waals surface area contributed by atoms with Gasteiger partial charge in [-0.2, -0.15) is 5.10 Å². The van der Waals surface area contributed by atoms with Crippen LogP contribution in [0, 0.1) is 6.92 Å². The van der Waals surface area contributed by atoms with Crippen LogP contribution in [0.5, 0.6) is 0 Å². The van der Waals surface area contributed by atoms with Gasteiger partial charge in [-0.05, 0) is 25.5 Å². The van der Waals surface area contributed by atoms with Gasteiger partial charge in [-0.1, -0.05) is 13.8 Å². The Morgan fingerprint density at radius 1 is 1.32 bits per heavy atom. The van der Waals surface area contributed by atoms with E-state index in [4.69, 9.17) is 0 Å². The van der Waals surface area contributed by atoms with E-state index in [0.717, 1.165) is 24.3 Å². The summed E-state index contributed by atoms with van der Waals surface area (Å²) in [5, 5.41) is 7.89. The second-order valence-corrected chi connectivity index (χ2v) is 5.10. The summed E-state index contributed by atoms with van der Waals surface area (Å²) in [5.41, 5.74) is 4.56. The molecule has 0 aliphatic carbocycles. The summed E-state index contributed by atoms with van der Waals surface area (Å²) in [7, 11) is 0. The number of nitrogens with zero attached hydrogens (tertiary/aromatic N) is 3. The minimum Gasteiger partial charge on any atom is -0.310 e. The van der Waals surface area contributed by atoms with E-state index >= 15 is 0 Å². The third-order valence-electron chi connectivity index (χ3n) is 3.09. The van der Waals surface area contributed by atoms with E-state index in [-0.39, 0.29) is 0 Å². The van der Waals surface area contributed by atoms with Crippen LogP contribution in [0.3, 0.4) is 0 Å². The largest absolute Gasteiger partial charge is 0.310 e. The lowest BCUT2D eigenvalue weighted by molar-refractivity contribution is 0.588. The van der Waals surface area contributed by atoms with Crippen LogP contribution in [0.1, 0.15) is 32.0 Å². The van der Waals surface area contributed by atoms with Gasteiger partial charge in [0.2, 0.25) is 0 Å². The lowest BCUT2D eigenvalue weighted by atomic mass is 10.1. The van der Waals surface area contributed by atoms with Crippen LogP contribution in [0.2, 0.25) is 0 Å². The highest BCUT2D eigenvalue weighted by Gasteiger charge is 2.08. The van der Waals surface area contributed by atoms with Gasteiger partial charge in [0, 0.05) is 48.8 Å². The van der Waals surface area contributed by atoms with Crippen molar-refractivity contribution < 1.29 is 0 Å². The molecule has 102 valence electrons. The van der Waals surface area contributed by atoms with E-state index in [1.54, 1.807) is 0 Å². The molecule has 2 aromatic heterocycles. The maximum absolute atomic E-state index is 4.48. The molecule has 0 saturated heterocycles. The lowest BCUT2D eigenvalue weighted by Gasteiger charge is -2.08. The Morgan fingerprint density at radius 3 is 2.74 bits per heavy atom. The van der Waals surface area contributed by atoms with Gasteiger partial charge in [-0.3, -0.25) is 9.67 Å². The number of nitrogens with one attached hydrogen (secondary N) is 1. The van der Waals surface area contributed by atoms with Gasteiger partial charge in [0.05, 0.1) is 5.69 Å². The molecule has 0 saturated carbocycles. The van der Waals surface area contributed by atoms with Crippen LogP contribution >= 0.6 is 0 Å². The molecule has 4 heteroatoms. The quantitative estimate of drug-likeness (QED) is 0.896. The maximum Gasteiger partial charge on any atom is 0.0672 e. The fourth-order valence-corrected chi connectivity index (χ4v) is 2.02. The van der Waals surface area contributed by atoms with E-state index in [1.807, 2.05) is 24.0 Å². The normalized spacial score (nSPS) is 11.2. The van der Waals surface area contributed by atoms with E-state index in [9.17, 15) is 0 Å². The minimum absolute atomic E-state index is 0.480. The molecular weight excluding hydrogens is 236 g/mol. The van der Waals surface area contributed by atoms with Gasteiger partial charge in [-0.15, -0.1) is 0 Å². The zero-order valence-electron chi connectivity index (χ0n) is 12.1. The zero-order chi connectivity index (χ0) is 13.8. The Kier molecular flexibility index (Phi) is 4.32. The Morgan fingerprint density at radius 2 is 2.11 bits per heavy atom. The molecule has 0 atom stereocenters. The summed E-state index contributed by atoms with van der Waals surface area (Å²) in [6.45, 7) is 10.2. The number of rotatable bonds is 5. The average Bonchev–Trinajstić information content (AvgIpc) is 2.78. The molecule has 0 fully saturated rings. The van der Waals surface area contributed by atoms with Gasteiger partial charge in [-0.25, -0.2) is 0 Å².